The van der Waals surface area contributed by atoms with E-state index < -0.39 is 11.8 Å². The molecule has 0 saturated carbocycles. The number of rotatable bonds is 4. The summed E-state index contributed by atoms with van der Waals surface area (Å²) in [5, 5.41) is 0. The summed E-state index contributed by atoms with van der Waals surface area (Å²) in [5.41, 5.74) is 0. The standard InChI is InChI=1S/C6H8O3/c1-5(2-7)6(3-8)4-9/h2-6H,1H3. The molecule has 50 valence electrons. The van der Waals surface area contributed by atoms with E-state index in [0.717, 1.165) is 0 Å². The first-order valence-corrected chi connectivity index (χ1v) is 2.62. The first-order chi connectivity index (χ1) is 4.26. The molecule has 0 aromatic rings. The molecule has 0 rings (SSSR count). The van der Waals surface area contributed by atoms with Gasteiger partial charge in [0.05, 0.1) is 5.92 Å². The quantitative estimate of drug-likeness (QED) is 0.390. The van der Waals surface area contributed by atoms with E-state index in [-0.39, 0.29) is 0 Å². The first-order valence-electron chi connectivity index (χ1n) is 2.62. The highest BCUT2D eigenvalue weighted by molar-refractivity contribution is 5.81. The third kappa shape index (κ3) is 2.17. The molecular weight excluding hydrogens is 120 g/mol. The number of hydrogen-bond acceptors (Lipinski definition) is 3. The van der Waals surface area contributed by atoms with Crippen LogP contribution in [-0.4, -0.2) is 18.9 Å². The van der Waals surface area contributed by atoms with Gasteiger partial charge in [0.15, 0.2) is 0 Å². The highest BCUT2D eigenvalue weighted by atomic mass is 16.1. The SMILES string of the molecule is CC(C=O)C(C=O)C=O. The third-order valence-corrected chi connectivity index (χ3v) is 1.14. The Morgan fingerprint density at radius 3 is 1.56 bits per heavy atom. The molecule has 0 aromatic heterocycles. The van der Waals surface area contributed by atoms with Gasteiger partial charge in [-0.2, -0.15) is 0 Å². The molecule has 0 aliphatic heterocycles. The summed E-state index contributed by atoms with van der Waals surface area (Å²) in [6.45, 7) is 1.53. The van der Waals surface area contributed by atoms with Crippen molar-refractivity contribution in [1.29, 1.82) is 0 Å². The Balaban J connectivity index is 3.92. The van der Waals surface area contributed by atoms with Crippen LogP contribution < -0.4 is 0 Å². The molecule has 0 aliphatic carbocycles. The van der Waals surface area contributed by atoms with Gasteiger partial charge in [-0.15, -0.1) is 0 Å². The zero-order chi connectivity index (χ0) is 7.28. The van der Waals surface area contributed by atoms with Crippen LogP contribution in [0.2, 0.25) is 0 Å². The minimum Gasteiger partial charge on any atom is -0.303 e. The largest absolute Gasteiger partial charge is 0.303 e. The van der Waals surface area contributed by atoms with Crippen LogP contribution in [0.5, 0.6) is 0 Å². The van der Waals surface area contributed by atoms with Crippen LogP contribution in [0, 0.1) is 11.8 Å². The highest BCUT2D eigenvalue weighted by Gasteiger charge is 2.13. The van der Waals surface area contributed by atoms with Crippen molar-refractivity contribution in [3.05, 3.63) is 0 Å². The average Bonchev–Trinajstić information content (AvgIpc) is 1.90. The van der Waals surface area contributed by atoms with Gasteiger partial charge in [0.1, 0.15) is 18.9 Å². The first kappa shape index (κ1) is 8.01. The molecule has 0 radical (unpaired) electrons. The molecule has 3 nitrogen and oxygen atoms in total. The van der Waals surface area contributed by atoms with Crippen LogP contribution >= 0.6 is 0 Å². The lowest BCUT2D eigenvalue weighted by Crippen LogP contribution is -2.15. The predicted octanol–water partition coefficient (Wildman–Crippen LogP) is -0.165. The maximum absolute atomic E-state index is 9.95. The van der Waals surface area contributed by atoms with Crippen LogP contribution in [0.15, 0.2) is 0 Å². The van der Waals surface area contributed by atoms with Gasteiger partial charge in [-0.25, -0.2) is 0 Å². The predicted molar refractivity (Wildman–Crippen MR) is 30.8 cm³/mol. The Morgan fingerprint density at radius 2 is 1.44 bits per heavy atom. The third-order valence-electron chi connectivity index (χ3n) is 1.14. The van der Waals surface area contributed by atoms with E-state index in [4.69, 9.17) is 0 Å². The van der Waals surface area contributed by atoms with Crippen LogP contribution in [0.1, 0.15) is 6.92 Å². The number of carbonyl (C=O) groups excluding carboxylic acids is 3. The van der Waals surface area contributed by atoms with E-state index in [2.05, 4.69) is 0 Å². The van der Waals surface area contributed by atoms with E-state index in [1.165, 1.54) is 6.92 Å². The van der Waals surface area contributed by atoms with Crippen LogP contribution in [0.3, 0.4) is 0 Å². The molecule has 0 aliphatic rings. The fourth-order valence-electron chi connectivity index (χ4n) is 0.371. The zero-order valence-electron chi connectivity index (χ0n) is 5.11. The molecule has 0 aromatic carbocycles. The van der Waals surface area contributed by atoms with Crippen molar-refractivity contribution in [3.8, 4) is 0 Å². The Morgan fingerprint density at radius 1 is 1.00 bits per heavy atom. The summed E-state index contributed by atoms with van der Waals surface area (Å²) >= 11 is 0. The van der Waals surface area contributed by atoms with Crippen LogP contribution in [0.25, 0.3) is 0 Å². The van der Waals surface area contributed by atoms with Crippen molar-refractivity contribution >= 4 is 18.9 Å². The molecular formula is C6H8O3. The molecule has 0 spiro atoms. The molecule has 3 heteroatoms. The maximum Gasteiger partial charge on any atom is 0.130 e. The summed E-state index contributed by atoms with van der Waals surface area (Å²) in [6, 6.07) is 0. The second-order valence-electron chi connectivity index (χ2n) is 1.84. The van der Waals surface area contributed by atoms with Crippen molar-refractivity contribution in [1.82, 2.24) is 0 Å². The van der Waals surface area contributed by atoms with Gasteiger partial charge >= 0.3 is 0 Å². The van der Waals surface area contributed by atoms with Crippen molar-refractivity contribution in [2.45, 2.75) is 6.92 Å². The summed E-state index contributed by atoms with van der Waals surface area (Å²) < 4.78 is 0. The zero-order valence-corrected chi connectivity index (χ0v) is 5.11. The van der Waals surface area contributed by atoms with E-state index in [1.54, 1.807) is 0 Å². The lowest BCUT2D eigenvalue weighted by molar-refractivity contribution is -0.125. The van der Waals surface area contributed by atoms with Crippen LogP contribution in [0.4, 0.5) is 0 Å². The minimum atomic E-state index is -0.762. The monoisotopic (exact) mass is 128 g/mol. The molecule has 0 N–H and O–H groups in total. The van der Waals surface area contributed by atoms with Gasteiger partial charge < -0.3 is 14.4 Å². The van der Waals surface area contributed by atoms with Gasteiger partial charge in [-0.3, -0.25) is 0 Å². The van der Waals surface area contributed by atoms with Gasteiger partial charge in [0, 0.05) is 5.92 Å². The number of hydrogen-bond donors (Lipinski definition) is 0. The molecule has 0 fully saturated rings. The van der Waals surface area contributed by atoms with Gasteiger partial charge in [-0.1, -0.05) is 6.92 Å². The van der Waals surface area contributed by atoms with E-state index >= 15 is 0 Å². The summed E-state index contributed by atoms with van der Waals surface area (Å²) in [4.78, 5) is 29.8. The summed E-state index contributed by atoms with van der Waals surface area (Å²) in [6.07, 6.45) is 1.55. The van der Waals surface area contributed by atoms with Gasteiger partial charge in [0.25, 0.3) is 0 Å². The van der Waals surface area contributed by atoms with Crippen molar-refractivity contribution in [2.24, 2.45) is 11.8 Å². The second kappa shape index (κ2) is 3.95. The van der Waals surface area contributed by atoms with E-state index in [9.17, 15) is 14.4 Å². The molecule has 0 heterocycles. The average molecular weight is 128 g/mol. The fraction of sp³-hybridized carbons (Fsp3) is 0.500. The molecule has 9 heavy (non-hydrogen) atoms. The van der Waals surface area contributed by atoms with Crippen LogP contribution in [-0.2, 0) is 14.4 Å². The Kier molecular flexibility index (Phi) is 3.51. The van der Waals surface area contributed by atoms with E-state index in [1.807, 2.05) is 0 Å². The van der Waals surface area contributed by atoms with E-state index in [0.29, 0.717) is 18.9 Å². The Hall–Kier alpha value is -0.990. The molecule has 1 atom stereocenters. The summed E-state index contributed by atoms with van der Waals surface area (Å²) in [5.74, 6) is -1.25. The molecule has 0 saturated heterocycles. The smallest absolute Gasteiger partial charge is 0.130 e. The maximum atomic E-state index is 9.95. The summed E-state index contributed by atoms with van der Waals surface area (Å²) in [7, 11) is 0. The van der Waals surface area contributed by atoms with Crippen molar-refractivity contribution in [3.63, 3.8) is 0 Å². The highest BCUT2D eigenvalue weighted by Crippen LogP contribution is 2.01. The molecule has 0 bridgehead atoms. The Bertz CT molecular complexity index is 111. The minimum absolute atomic E-state index is 0.478. The number of carbonyl (C=O) groups is 3. The normalized spacial score (nSPS) is 12.7. The second-order valence-corrected chi connectivity index (χ2v) is 1.84. The van der Waals surface area contributed by atoms with Crippen molar-refractivity contribution in [2.75, 3.05) is 0 Å². The molecule has 0 amide bonds. The number of aldehydes is 3. The van der Waals surface area contributed by atoms with Gasteiger partial charge in [0.2, 0.25) is 0 Å². The Labute approximate surface area is 53.0 Å². The molecule has 1 unspecified atom stereocenters. The topological polar surface area (TPSA) is 51.2 Å². The fourth-order valence-corrected chi connectivity index (χ4v) is 0.371. The van der Waals surface area contributed by atoms with Crippen molar-refractivity contribution < 1.29 is 14.4 Å². The lowest BCUT2D eigenvalue weighted by atomic mass is 9.99. The van der Waals surface area contributed by atoms with Gasteiger partial charge in [-0.05, 0) is 0 Å². The lowest BCUT2D eigenvalue weighted by Gasteiger charge is -2.01.